The molecular weight excluding hydrogens is 279 g/mol. The van der Waals surface area contributed by atoms with Crippen LogP contribution in [0.3, 0.4) is 0 Å². The highest BCUT2D eigenvalue weighted by Gasteiger charge is 2.41. The normalized spacial score (nSPS) is 14.4. The molecule has 1 rings (SSSR count). The summed E-state index contributed by atoms with van der Waals surface area (Å²) in [5.41, 5.74) is 6.26. The molecule has 0 aliphatic carbocycles. The molecular formula is C12H16F3NO2S. The smallest absolute Gasteiger partial charge is 0.330 e. The van der Waals surface area contributed by atoms with Gasteiger partial charge in [-0.3, -0.25) is 0 Å². The second kappa shape index (κ2) is 5.92. The van der Waals surface area contributed by atoms with E-state index in [1.807, 2.05) is 0 Å². The van der Waals surface area contributed by atoms with Gasteiger partial charge in [0.05, 0.1) is 17.4 Å². The van der Waals surface area contributed by atoms with Crippen LogP contribution < -0.4 is 5.73 Å². The molecule has 0 aliphatic heterocycles. The number of alkyl halides is 3. The van der Waals surface area contributed by atoms with Gasteiger partial charge in [-0.1, -0.05) is 24.3 Å². The summed E-state index contributed by atoms with van der Waals surface area (Å²) in [6, 6.07) is 6.71. The molecule has 0 aliphatic rings. The maximum absolute atomic E-state index is 12.5. The third-order valence-corrected chi connectivity index (χ3v) is 4.50. The first-order valence-corrected chi connectivity index (χ1v) is 7.49. The minimum atomic E-state index is -4.59. The quantitative estimate of drug-likeness (QED) is 0.904. The van der Waals surface area contributed by atoms with Crippen LogP contribution in [0, 0.1) is 12.8 Å². The zero-order valence-electron chi connectivity index (χ0n) is 10.4. The van der Waals surface area contributed by atoms with E-state index in [2.05, 4.69) is 0 Å². The second-order valence-electron chi connectivity index (χ2n) is 4.46. The van der Waals surface area contributed by atoms with Crippen LogP contribution in [-0.2, 0) is 15.6 Å². The zero-order chi connectivity index (χ0) is 14.7. The Morgan fingerprint density at radius 1 is 1.26 bits per heavy atom. The molecule has 1 atom stereocenters. The van der Waals surface area contributed by atoms with Gasteiger partial charge in [0.2, 0.25) is 0 Å². The molecule has 1 unspecified atom stereocenters. The molecule has 0 aromatic heterocycles. The molecule has 108 valence electrons. The first kappa shape index (κ1) is 16.0. The van der Waals surface area contributed by atoms with Gasteiger partial charge in [-0.15, -0.1) is 0 Å². The lowest BCUT2D eigenvalue weighted by Crippen LogP contribution is -2.36. The zero-order valence-corrected chi connectivity index (χ0v) is 11.3. The van der Waals surface area contributed by atoms with Gasteiger partial charge < -0.3 is 5.73 Å². The molecule has 0 saturated heterocycles. The molecule has 2 N–H and O–H groups in total. The molecule has 0 saturated carbocycles. The summed E-state index contributed by atoms with van der Waals surface area (Å²) in [7, 11) is -3.85. The number of halogens is 3. The second-order valence-corrected chi connectivity index (χ2v) is 6.56. The van der Waals surface area contributed by atoms with Gasteiger partial charge in [0, 0.05) is 6.54 Å². The van der Waals surface area contributed by atoms with E-state index in [1.165, 1.54) is 0 Å². The number of sulfone groups is 1. The van der Waals surface area contributed by atoms with Crippen molar-refractivity contribution in [2.75, 3.05) is 12.3 Å². The summed E-state index contributed by atoms with van der Waals surface area (Å²) in [6.07, 6.45) is -4.59. The van der Waals surface area contributed by atoms with Crippen molar-refractivity contribution in [3.05, 3.63) is 35.4 Å². The van der Waals surface area contributed by atoms with Gasteiger partial charge in [-0.05, 0) is 18.1 Å². The maximum Gasteiger partial charge on any atom is 0.393 e. The largest absolute Gasteiger partial charge is 0.393 e. The number of nitrogens with two attached hydrogens (primary N) is 1. The first-order valence-electron chi connectivity index (χ1n) is 5.67. The van der Waals surface area contributed by atoms with Crippen LogP contribution in [0.1, 0.15) is 11.1 Å². The molecule has 3 nitrogen and oxygen atoms in total. The lowest BCUT2D eigenvalue weighted by atomic mass is 10.1. The predicted molar refractivity (Wildman–Crippen MR) is 67.3 cm³/mol. The Labute approximate surface area is 110 Å². The Morgan fingerprint density at radius 3 is 2.32 bits per heavy atom. The summed E-state index contributed by atoms with van der Waals surface area (Å²) in [5, 5.41) is 0. The highest BCUT2D eigenvalue weighted by molar-refractivity contribution is 7.90. The minimum absolute atomic E-state index is 0.397. The van der Waals surface area contributed by atoms with Crippen LogP contribution in [0.15, 0.2) is 24.3 Å². The third-order valence-electron chi connectivity index (χ3n) is 2.84. The molecule has 0 spiro atoms. The van der Waals surface area contributed by atoms with Crippen molar-refractivity contribution >= 4 is 9.84 Å². The molecule has 0 radical (unpaired) electrons. The van der Waals surface area contributed by atoms with E-state index in [1.54, 1.807) is 31.2 Å². The van der Waals surface area contributed by atoms with E-state index in [0.29, 0.717) is 5.56 Å². The van der Waals surface area contributed by atoms with Crippen LogP contribution in [0.5, 0.6) is 0 Å². The summed E-state index contributed by atoms with van der Waals surface area (Å²) < 4.78 is 61.2. The number of rotatable bonds is 5. The number of hydrogen-bond donors (Lipinski definition) is 1. The minimum Gasteiger partial charge on any atom is -0.330 e. The highest BCUT2D eigenvalue weighted by Crippen LogP contribution is 2.27. The van der Waals surface area contributed by atoms with Crippen LogP contribution in [0.4, 0.5) is 13.2 Å². The molecule has 0 amide bonds. The Hall–Kier alpha value is -1.08. The van der Waals surface area contributed by atoms with E-state index in [4.69, 9.17) is 5.73 Å². The third kappa shape index (κ3) is 4.83. The average Bonchev–Trinajstić information content (AvgIpc) is 2.27. The summed E-state index contributed by atoms with van der Waals surface area (Å²) >= 11 is 0. The predicted octanol–water partition coefficient (Wildman–Crippen LogP) is 2.05. The maximum atomic E-state index is 12.5. The van der Waals surface area contributed by atoms with Gasteiger partial charge in [-0.25, -0.2) is 8.42 Å². The van der Waals surface area contributed by atoms with Gasteiger partial charge in [0.25, 0.3) is 0 Å². The molecule has 1 aromatic carbocycles. The van der Waals surface area contributed by atoms with Crippen molar-refractivity contribution in [1.29, 1.82) is 0 Å². The molecule has 7 heteroatoms. The Bertz CT molecular complexity index is 526. The highest BCUT2D eigenvalue weighted by atomic mass is 32.2. The summed E-state index contributed by atoms with van der Waals surface area (Å²) in [4.78, 5) is 0. The molecule has 0 heterocycles. The van der Waals surface area contributed by atoms with E-state index < -0.39 is 40.0 Å². The monoisotopic (exact) mass is 295 g/mol. The van der Waals surface area contributed by atoms with E-state index in [0.717, 1.165) is 5.56 Å². The van der Waals surface area contributed by atoms with Crippen LogP contribution in [-0.4, -0.2) is 26.9 Å². The molecule has 0 fully saturated rings. The van der Waals surface area contributed by atoms with Gasteiger partial charge in [0.1, 0.15) is 0 Å². The van der Waals surface area contributed by atoms with Gasteiger partial charge >= 0.3 is 6.18 Å². The fourth-order valence-electron chi connectivity index (χ4n) is 1.67. The number of benzene rings is 1. The van der Waals surface area contributed by atoms with Crippen molar-refractivity contribution in [1.82, 2.24) is 0 Å². The lowest BCUT2D eigenvalue weighted by Gasteiger charge is -2.18. The fraction of sp³-hybridized carbons (Fsp3) is 0.500. The molecule has 0 bridgehead atoms. The molecule has 19 heavy (non-hydrogen) atoms. The van der Waals surface area contributed by atoms with E-state index >= 15 is 0 Å². The van der Waals surface area contributed by atoms with E-state index in [9.17, 15) is 21.6 Å². The van der Waals surface area contributed by atoms with Crippen molar-refractivity contribution in [2.24, 2.45) is 11.7 Å². The van der Waals surface area contributed by atoms with E-state index in [-0.39, 0.29) is 0 Å². The van der Waals surface area contributed by atoms with Gasteiger partial charge in [0.15, 0.2) is 9.84 Å². The number of hydrogen-bond acceptors (Lipinski definition) is 3. The van der Waals surface area contributed by atoms with Crippen LogP contribution >= 0.6 is 0 Å². The van der Waals surface area contributed by atoms with Crippen molar-refractivity contribution in [2.45, 2.75) is 18.9 Å². The average molecular weight is 295 g/mol. The standard InChI is InChI=1S/C12H16F3NO2S/c1-9-4-2-3-5-10(9)7-19(17,18)8-11(6-16)12(13,14)15/h2-5,11H,6-8,16H2,1H3. The van der Waals surface area contributed by atoms with Crippen molar-refractivity contribution in [3.8, 4) is 0 Å². The first-order chi connectivity index (χ1) is 8.65. The van der Waals surface area contributed by atoms with Crippen molar-refractivity contribution < 1.29 is 21.6 Å². The van der Waals surface area contributed by atoms with Crippen molar-refractivity contribution in [3.63, 3.8) is 0 Å². The fourth-order valence-corrected chi connectivity index (χ4v) is 3.52. The summed E-state index contributed by atoms with van der Waals surface area (Å²) in [6.45, 7) is 0.992. The van der Waals surface area contributed by atoms with Crippen LogP contribution in [0.25, 0.3) is 0 Å². The lowest BCUT2D eigenvalue weighted by molar-refractivity contribution is -0.165. The van der Waals surface area contributed by atoms with Crippen LogP contribution in [0.2, 0.25) is 0 Å². The Balaban J connectivity index is 2.86. The Morgan fingerprint density at radius 2 is 1.84 bits per heavy atom. The number of aryl methyl sites for hydroxylation is 1. The summed E-state index contributed by atoms with van der Waals surface area (Å²) in [5.74, 6) is -3.38. The SMILES string of the molecule is Cc1ccccc1CS(=O)(=O)CC(CN)C(F)(F)F. The van der Waals surface area contributed by atoms with Gasteiger partial charge in [-0.2, -0.15) is 13.2 Å². The molecule has 1 aromatic rings. The Kier molecular flexibility index (Phi) is 4.98. The topological polar surface area (TPSA) is 60.2 Å².